The van der Waals surface area contributed by atoms with Crippen molar-refractivity contribution >= 4 is 35.1 Å². The third-order valence-electron chi connectivity index (χ3n) is 3.04. The molecule has 20 heavy (non-hydrogen) atoms. The van der Waals surface area contributed by atoms with Gasteiger partial charge in [0.2, 0.25) is 0 Å². The summed E-state index contributed by atoms with van der Waals surface area (Å²) in [5, 5.41) is 9.37. The molecule has 1 aliphatic rings. The fourth-order valence-corrected chi connectivity index (χ4v) is 2.61. The lowest BCUT2D eigenvalue weighted by atomic mass is 10.2. The average molecular weight is 318 g/mol. The van der Waals surface area contributed by atoms with Gasteiger partial charge in [-0.15, -0.1) is 0 Å². The topological polar surface area (TPSA) is 66.8 Å². The molecule has 1 heterocycles. The summed E-state index contributed by atoms with van der Waals surface area (Å²) in [6.45, 7) is 1.19. The Balaban J connectivity index is 2.12. The standard InChI is InChI=1S/C13H13Cl2NO4/c14-8-5-9(13(18)19)12(10(15)6-8)20-7-11(17)16-3-1-2-4-16/h5-6H,1-4,7H2,(H,18,19). The van der Waals surface area contributed by atoms with E-state index in [0.717, 1.165) is 12.8 Å². The Hall–Kier alpha value is -1.46. The fourth-order valence-electron chi connectivity index (χ4n) is 2.06. The lowest BCUT2D eigenvalue weighted by Gasteiger charge is -2.17. The highest BCUT2D eigenvalue weighted by molar-refractivity contribution is 6.36. The normalized spacial score (nSPS) is 14.4. The van der Waals surface area contributed by atoms with E-state index in [1.807, 2.05) is 0 Å². The average Bonchev–Trinajstić information content (AvgIpc) is 2.90. The first-order valence-corrected chi connectivity index (χ1v) is 6.87. The Bertz CT molecular complexity index is 541. The second-order valence-corrected chi connectivity index (χ2v) is 5.29. The van der Waals surface area contributed by atoms with Crippen LogP contribution in [0.2, 0.25) is 10.0 Å². The van der Waals surface area contributed by atoms with E-state index in [9.17, 15) is 9.59 Å². The van der Waals surface area contributed by atoms with Gasteiger partial charge in [-0.05, 0) is 25.0 Å². The van der Waals surface area contributed by atoms with E-state index < -0.39 is 5.97 Å². The van der Waals surface area contributed by atoms with Crippen LogP contribution in [-0.2, 0) is 4.79 Å². The minimum Gasteiger partial charge on any atom is -0.481 e. The monoisotopic (exact) mass is 317 g/mol. The summed E-state index contributed by atoms with van der Waals surface area (Å²) >= 11 is 11.7. The van der Waals surface area contributed by atoms with E-state index in [1.54, 1.807) is 4.90 Å². The summed E-state index contributed by atoms with van der Waals surface area (Å²) in [5.74, 6) is -1.42. The van der Waals surface area contributed by atoms with Crippen LogP contribution in [0.1, 0.15) is 23.2 Å². The molecule has 1 N–H and O–H groups in total. The van der Waals surface area contributed by atoms with Gasteiger partial charge in [0.1, 0.15) is 5.56 Å². The molecular formula is C13H13Cl2NO4. The first-order chi connectivity index (χ1) is 9.49. The number of aromatic carboxylic acids is 1. The van der Waals surface area contributed by atoms with E-state index in [-0.39, 0.29) is 33.9 Å². The van der Waals surface area contributed by atoms with Gasteiger partial charge in [0, 0.05) is 18.1 Å². The predicted molar refractivity (Wildman–Crippen MR) is 74.7 cm³/mol. The molecule has 0 saturated carbocycles. The van der Waals surface area contributed by atoms with Crippen LogP contribution in [0.4, 0.5) is 0 Å². The molecule has 5 nitrogen and oxygen atoms in total. The van der Waals surface area contributed by atoms with Crippen LogP contribution in [0.3, 0.4) is 0 Å². The minimum absolute atomic E-state index is 0.0314. The number of rotatable bonds is 4. The number of carbonyl (C=O) groups excluding carboxylic acids is 1. The number of likely N-dealkylation sites (tertiary alicyclic amines) is 1. The number of benzene rings is 1. The van der Waals surface area contributed by atoms with Gasteiger partial charge in [0.15, 0.2) is 12.4 Å². The maximum atomic E-state index is 11.9. The lowest BCUT2D eigenvalue weighted by molar-refractivity contribution is -0.132. The maximum absolute atomic E-state index is 11.9. The highest BCUT2D eigenvalue weighted by Gasteiger charge is 2.21. The molecule has 1 aliphatic heterocycles. The van der Waals surface area contributed by atoms with E-state index in [0.29, 0.717) is 13.1 Å². The first kappa shape index (κ1) is 14.9. The van der Waals surface area contributed by atoms with Crippen molar-refractivity contribution in [1.29, 1.82) is 0 Å². The summed E-state index contributed by atoms with van der Waals surface area (Å²) in [6, 6.07) is 2.62. The van der Waals surface area contributed by atoms with E-state index in [4.69, 9.17) is 33.0 Å². The lowest BCUT2D eigenvalue weighted by Crippen LogP contribution is -2.32. The summed E-state index contributed by atoms with van der Waals surface area (Å²) < 4.78 is 5.30. The van der Waals surface area contributed by atoms with Crippen molar-refractivity contribution < 1.29 is 19.4 Å². The minimum atomic E-state index is -1.21. The number of carboxylic acids is 1. The maximum Gasteiger partial charge on any atom is 0.339 e. The molecule has 0 aromatic heterocycles. The van der Waals surface area contributed by atoms with E-state index >= 15 is 0 Å². The number of nitrogens with zero attached hydrogens (tertiary/aromatic N) is 1. The number of hydrogen-bond acceptors (Lipinski definition) is 3. The molecule has 1 saturated heterocycles. The SMILES string of the molecule is O=C(O)c1cc(Cl)cc(Cl)c1OCC(=O)N1CCCC1. The molecule has 1 amide bonds. The molecule has 0 aliphatic carbocycles. The number of hydrogen-bond donors (Lipinski definition) is 1. The second kappa shape index (κ2) is 6.33. The van der Waals surface area contributed by atoms with Gasteiger partial charge < -0.3 is 14.7 Å². The molecule has 0 unspecified atom stereocenters. The Morgan fingerprint density at radius 3 is 2.50 bits per heavy atom. The van der Waals surface area contributed by atoms with Crippen molar-refractivity contribution in [3.63, 3.8) is 0 Å². The molecule has 0 radical (unpaired) electrons. The Morgan fingerprint density at radius 1 is 1.25 bits per heavy atom. The molecule has 0 spiro atoms. The van der Waals surface area contributed by atoms with Crippen LogP contribution in [0.5, 0.6) is 5.75 Å². The van der Waals surface area contributed by atoms with Crippen molar-refractivity contribution in [2.75, 3.05) is 19.7 Å². The summed E-state index contributed by atoms with van der Waals surface area (Å²) in [5.41, 5.74) is -0.156. The van der Waals surface area contributed by atoms with Gasteiger partial charge in [-0.25, -0.2) is 4.79 Å². The van der Waals surface area contributed by atoms with Crippen molar-refractivity contribution in [2.24, 2.45) is 0 Å². The molecular weight excluding hydrogens is 305 g/mol. The van der Waals surface area contributed by atoms with Crippen molar-refractivity contribution in [2.45, 2.75) is 12.8 Å². The zero-order valence-corrected chi connectivity index (χ0v) is 12.1. The Labute approximate surface area is 126 Å². The van der Waals surface area contributed by atoms with Gasteiger partial charge in [-0.1, -0.05) is 23.2 Å². The highest BCUT2D eigenvalue weighted by atomic mass is 35.5. The summed E-state index contributed by atoms with van der Waals surface area (Å²) in [4.78, 5) is 24.7. The number of ether oxygens (including phenoxy) is 1. The molecule has 0 bridgehead atoms. The van der Waals surface area contributed by atoms with Crippen LogP contribution in [0, 0.1) is 0 Å². The fraction of sp³-hybridized carbons (Fsp3) is 0.385. The summed E-state index contributed by atoms with van der Waals surface area (Å²) in [7, 11) is 0. The Morgan fingerprint density at radius 2 is 1.90 bits per heavy atom. The number of carboxylic acid groups (broad SMARTS) is 1. The van der Waals surface area contributed by atoms with Crippen LogP contribution in [0.25, 0.3) is 0 Å². The van der Waals surface area contributed by atoms with Crippen LogP contribution < -0.4 is 4.74 Å². The van der Waals surface area contributed by atoms with E-state index in [1.165, 1.54) is 12.1 Å². The Kier molecular flexibility index (Phi) is 4.73. The predicted octanol–water partition coefficient (Wildman–Crippen LogP) is 2.69. The molecule has 108 valence electrons. The smallest absolute Gasteiger partial charge is 0.339 e. The van der Waals surface area contributed by atoms with Gasteiger partial charge >= 0.3 is 5.97 Å². The summed E-state index contributed by atoms with van der Waals surface area (Å²) in [6.07, 6.45) is 1.96. The van der Waals surface area contributed by atoms with Crippen molar-refractivity contribution in [3.05, 3.63) is 27.7 Å². The molecule has 2 rings (SSSR count). The quantitative estimate of drug-likeness (QED) is 0.927. The van der Waals surface area contributed by atoms with Gasteiger partial charge in [0.05, 0.1) is 5.02 Å². The van der Waals surface area contributed by atoms with Crippen molar-refractivity contribution in [3.8, 4) is 5.75 Å². The van der Waals surface area contributed by atoms with Crippen LogP contribution >= 0.6 is 23.2 Å². The highest BCUT2D eigenvalue weighted by Crippen LogP contribution is 2.32. The van der Waals surface area contributed by atoms with Crippen molar-refractivity contribution in [1.82, 2.24) is 4.90 Å². The largest absolute Gasteiger partial charge is 0.481 e. The molecule has 1 fully saturated rings. The van der Waals surface area contributed by atoms with Gasteiger partial charge in [-0.3, -0.25) is 4.79 Å². The molecule has 7 heteroatoms. The zero-order chi connectivity index (χ0) is 14.7. The third-order valence-corrected chi connectivity index (χ3v) is 3.54. The molecule has 0 atom stereocenters. The number of halogens is 2. The van der Waals surface area contributed by atoms with Crippen LogP contribution in [0.15, 0.2) is 12.1 Å². The third kappa shape index (κ3) is 3.35. The molecule has 1 aromatic carbocycles. The second-order valence-electron chi connectivity index (χ2n) is 4.45. The first-order valence-electron chi connectivity index (χ1n) is 6.12. The molecule has 1 aromatic rings. The van der Waals surface area contributed by atoms with Gasteiger partial charge in [-0.2, -0.15) is 0 Å². The van der Waals surface area contributed by atoms with E-state index in [2.05, 4.69) is 0 Å². The zero-order valence-electron chi connectivity index (χ0n) is 10.6. The number of carbonyl (C=O) groups is 2. The van der Waals surface area contributed by atoms with Gasteiger partial charge in [0.25, 0.3) is 5.91 Å². The number of amides is 1. The van der Waals surface area contributed by atoms with Crippen LogP contribution in [-0.4, -0.2) is 41.6 Å².